The number of hydrogen-bond acceptors (Lipinski definition) is 5. The summed E-state index contributed by atoms with van der Waals surface area (Å²) in [7, 11) is 0. The van der Waals surface area contributed by atoms with Crippen LogP contribution in [-0.4, -0.2) is 44.2 Å². The molecule has 1 aliphatic heterocycles. The lowest BCUT2D eigenvalue weighted by Gasteiger charge is -2.22. The molecule has 110 valence electrons. The number of rotatable bonds is 6. The van der Waals surface area contributed by atoms with Crippen LogP contribution in [0.5, 0.6) is 0 Å². The summed E-state index contributed by atoms with van der Waals surface area (Å²) in [5.74, 6) is 0.497. The van der Waals surface area contributed by atoms with E-state index in [1.54, 1.807) is 13.0 Å². The van der Waals surface area contributed by atoms with Gasteiger partial charge in [-0.05, 0) is 32.9 Å². The summed E-state index contributed by atoms with van der Waals surface area (Å²) in [6.45, 7) is 8.00. The molecule has 0 saturated carbocycles. The lowest BCUT2D eigenvalue weighted by Crippen LogP contribution is -2.28. The van der Waals surface area contributed by atoms with Gasteiger partial charge in [-0.15, -0.1) is 16.8 Å². The van der Waals surface area contributed by atoms with Crippen LogP contribution in [0.2, 0.25) is 0 Å². The van der Waals surface area contributed by atoms with E-state index in [4.69, 9.17) is 5.11 Å². The first-order chi connectivity index (χ1) is 9.63. The predicted molar refractivity (Wildman–Crippen MR) is 78.0 cm³/mol. The van der Waals surface area contributed by atoms with Crippen molar-refractivity contribution in [1.29, 1.82) is 0 Å². The fourth-order valence-corrected chi connectivity index (χ4v) is 3.08. The van der Waals surface area contributed by atoms with Gasteiger partial charge in [0.05, 0.1) is 0 Å². The number of nitrogens with one attached hydrogen (secondary N) is 1. The molecule has 0 bridgehead atoms. The van der Waals surface area contributed by atoms with E-state index in [1.807, 2.05) is 4.57 Å². The van der Waals surface area contributed by atoms with Crippen LogP contribution in [0.25, 0.3) is 0 Å². The highest BCUT2D eigenvalue weighted by Gasteiger charge is 2.24. The van der Waals surface area contributed by atoms with Crippen molar-refractivity contribution >= 4 is 17.7 Å². The number of carbonyl (C=O) groups is 1. The second kappa shape index (κ2) is 6.90. The van der Waals surface area contributed by atoms with Gasteiger partial charge in [0.2, 0.25) is 0 Å². The Balaban J connectivity index is 2.21. The minimum atomic E-state index is -0.841. The summed E-state index contributed by atoms with van der Waals surface area (Å²) in [6, 6.07) is 0. The maximum absolute atomic E-state index is 11.0. The maximum atomic E-state index is 11.0. The fourth-order valence-electron chi connectivity index (χ4n) is 2.28. The summed E-state index contributed by atoms with van der Waals surface area (Å²) < 4.78 is 1.99. The molecule has 0 unspecified atom stereocenters. The highest BCUT2D eigenvalue weighted by Crippen LogP contribution is 2.29. The molecule has 2 rings (SSSR count). The molecule has 0 radical (unpaired) electrons. The second-order valence-corrected chi connectivity index (χ2v) is 6.17. The van der Waals surface area contributed by atoms with E-state index >= 15 is 0 Å². The van der Waals surface area contributed by atoms with Crippen molar-refractivity contribution in [3.8, 4) is 0 Å². The SMILES string of the molecule is C=CCn1c(S[C@@H](C)C(=O)O)nnc1C1CCNCC1. The zero-order chi connectivity index (χ0) is 14.5. The highest BCUT2D eigenvalue weighted by atomic mass is 32.2. The van der Waals surface area contributed by atoms with Crippen LogP contribution in [0.15, 0.2) is 17.8 Å². The molecule has 7 heteroatoms. The van der Waals surface area contributed by atoms with E-state index in [-0.39, 0.29) is 0 Å². The molecule has 20 heavy (non-hydrogen) atoms. The van der Waals surface area contributed by atoms with E-state index in [1.165, 1.54) is 11.8 Å². The maximum Gasteiger partial charge on any atom is 0.316 e. The summed E-state index contributed by atoms with van der Waals surface area (Å²) >= 11 is 1.23. The van der Waals surface area contributed by atoms with Gasteiger partial charge in [-0.1, -0.05) is 17.8 Å². The molecule has 1 aliphatic rings. The van der Waals surface area contributed by atoms with Gasteiger partial charge >= 0.3 is 5.97 Å². The molecule has 6 nitrogen and oxygen atoms in total. The number of nitrogens with zero attached hydrogens (tertiary/aromatic N) is 3. The topological polar surface area (TPSA) is 80.0 Å². The third kappa shape index (κ3) is 3.40. The first-order valence-electron chi connectivity index (χ1n) is 6.77. The number of piperidine rings is 1. The van der Waals surface area contributed by atoms with E-state index in [2.05, 4.69) is 22.1 Å². The summed E-state index contributed by atoms with van der Waals surface area (Å²) in [5, 5.41) is 20.9. The molecule has 1 aromatic heterocycles. The normalized spacial score (nSPS) is 17.9. The van der Waals surface area contributed by atoms with Gasteiger partial charge in [-0.25, -0.2) is 0 Å². The van der Waals surface area contributed by atoms with Crippen molar-refractivity contribution in [2.24, 2.45) is 0 Å². The molecule has 0 aliphatic carbocycles. The molecule has 2 N–H and O–H groups in total. The van der Waals surface area contributed by atoms with Crippen LogP contribution in [0.3, 0.4) is 0 Å². The Bertz CT molecular complexity index is 483. The predicted octanol–water partition coefficient (Wildman–Crippen LogP) is 1.50. The van der Waals surface area contributed by atoms with Gasteiger partial charge in [-0.3, -0.25) is 4.79 Å². The molecule has 1 saturated heterocycles. The number of carboxylic acids is 1. The first kappa shape index (κ1) is 15.1. The molecular formula is C13H20N4O2S. The van der Waals surface area contributed by atoms with Gasteiger partial charge in [0.15, 0.2) is 5.16 Å². The average molecular weight is 296 g/mol. The van der Waals surface area contributed by atoms with E-state index < -0.39 is 11.2 Å². The van der Waals surface area contributed by atoms with Crippen molar-refractivity contribution in [1.82, 2.24) is 20.1 Å². The Kier molecular flexibility index (Phi) is 5.19. The molecule has 1 aromatic rings. The smallest absolute Gasteiger partial charge is 0.316 e. The monoisotopic (exact) mass is 296 g/mol. The van der Waals surface area contributed by atoms with Crippen molar-refractivity contribution in [3.05, 3.63) is 18.5 Å². The van der Waals surface area contributed by atoms with Crippen molar-refractivity contribution in [2.45, 2.75) is 42.6 Å². The van der Waals surface area contributed by atoms with Crippen molar-refractivity contribution in [3.63, 3.8) is 0 Å². The molecule has 1 atom stereocenters. The quantitative estimate of drug-likeness (QED) is 0.611. The van der Waals surface area contributed by atoms with E-state index in [0.29, 0.717) is 17.6 Å². The van der Waals surface area contributed by atoms with Gasteiger partial charge < -0.3 is 15.0 Å². The standard InChI is InChI=1S/C13H20N4O2S/c1-3-8-17-11(10-4-6-14-7-5-10)15-16-13(17)20-9(2)12(18)19/h3,9-10,14H,1,4-8H2,2H3,(H,18,19)/t9-/m0/s1. The average Bonchev–Trinajstić information content (AvgIpc) is 2.83. The fraction of sp³-hybridized carbons (Fsp3) is 0.615. The van der Waals surface area contributed by atoms with E-state index in [9.17, 15) is 4.79 Å². The summed E-state index contributed by atoms with van der Waals surface area (Å²) in [6.07, 6.45) is 3.87. The number of allylic oxidation sites excluding steroid dienone is 1. The van der Waals surface area contributed by atoms with Crippen LogP contribution < -0.4 is 5.32 Å². The van der Waals surface area contributed by atoms with E-state index in [0.717, 1.165) is 31.8 Å². The molecule has 1 fully saturated rings. The van der Waals surface area contributed by atoms with Crippen molar-refractivity contribution in [2.75, 3.05) is 13.1 Å². The summed E-state index contributed by atoms with van der Waals surface area (Å²) in [5.41, 5.74) is 0. The van der Waals surface area contributed by atoms with Gasteiger partial charge in [0.25, 0.3) is 0 Å². The highest BCUT2D eigenvalue weighted by molar-refractivity contribution is 8.00. The third-order valence-electron chi connectivity index (χ3n) is 3.39. The Morgan fingerprint density at radius 2 is 2.30 bits per heavy atom. The zero-order valence-corrected chi connectivity index (χ0v) is 12.4. The first-order valence-corrected chi connectivity index (χ1v) is 7.65. The number of carboxylic acid groups (broad SMARTS) is 1. The minimum Gasteiger partial charge on any atom is -0.480 e. The van der Waals surface area contributed by atoms with Crippen LogP contribution in [0.4, 0.5) is 0 Å². The Labute approximate surface area is 122 Å². The summed E-state index contributed by atoms with van der Waals surface area (Å²) in [4.78, 5) is 11.0. The Morgan fingerprint density at radius 1 is 1.60 bits per heavy atom. The van der Waals surface area contributed by atoms with Crippen LogP contribution in [0, 0.1) is 0 Å². The number of hydrogen-bond donors (Lipinski definition) is 2. The van der Waals surface area contributed by atoms with Gasteiger partial charge in [-0.2, -0.15) is 0 Å². The third-order valence-corrected chi connectivity index (χ3v) is 4.46. The van der Waals surface area contributed by atoms with Gasteiger partial charge in [0.1, 0.15) is 11.1 Å². The van der Waals surface area contributed by atoms with Crippen LogP contribution in [0.1, 0.15) is 31.5 Å². The number of aromatic nitrogens is 3. The lowest BCUT2D eigenvalue weighted by atomic mass is 9.97. The minimum absolute atomic E-state index is 0.387. The molecular weight excluding hydrogens is 276 g/mol. The molecule has 2 heterocycles. The van der Waals surface area contributed by atoms with Crippen LogP contribution >= 0.6 is 11.8 Å². The Morgan fingerprint density at radius 3 is 2.90 bits per heavy atom. The van der Waals surface area contributed by atoms with Crippen molar-refractivity contribution < 1.29 is 9.90 Å². The van der Waals surface area contributed by atoms with Crippen LogP contribution in [-0.2, 0) is 11.3 Å². The Hall–Kier alpha value is -1.34. The number of aliphatic carboxylic acids is 1. The zero-order valence-electron chi connectivity index (χ0n) is 11.6. The van der Waals surface area contributed by atoms with Gasteiger partial charge in [0, 0.05) is 12.5 Å². The molecule has 0 aromatic carbocycles. The lowest BCUT2D eigenvalue weighted by molar-refractivity contribution is -0.136. The molecule has 0 amide bonds. The molecule has 0 spiro atoms. The largest absolute Gasteiger partial charge is 0.480 e. The number of thioether (sulfide) groups is 1. The second-order valence-electron chi connectivity index (χ2n) is 4.86.